The van der Waals surface area contributed by atoms with Crippen molar-refractivity contribution in [3.63, 3.8) is 0 Å². The number of anilines is 1. The molecule has 0 bridgehead atoms. The number of para-hydroxylation sites is 1. The monoisotopic (exact) mass is 408 g/mol. The summed E-state index contributed by atoms with van der Waals surface area (Å²) >= 11 is 1.50. The molecular weight excluding hydrogens is 388 g/mol. The van der Waals surface area contributed by atoms with E-state index in [9.17, 15) is 9.59 Å². The number of fused-ring (bicyclic) bond motifs is 1. The van der Waals surface area contributed by atoms with E-state index in [1.165, 1.54) is 11.8 Å². The van der Waals surface area contributed by atoms with Crippen LogP contribution in [0.3, 0.4) is 0 Å². The van der Waals surface area contributed by atoms with Gasteiger partial charge in [-0.2, -0.15) is 0 Å². The van der Waals surface area contributed by atoms with Crippen molar-refractivity contribution >= 4 is 29.3 Å². The molecule has 0 atom stereocenters. The fraction of sp³-hybridized carbons (Fsp3) is 0.238. The molecule has 2 aromatic carbocycles. The molecule has 1 amide bonds. The molecule has 0 aliphatic carbocycles. The highest BCUT2D eigenvalue weighted by Gasteiger charge is 2.25. The molecule has 2 heterocycles. The summed E-state index contributed by atoms with van der Waals surface area (Å²) in [5.41, 5.74) is 3.28. The Morgan fingerprint density at radius 1 is 1.10 bits per heavy atom. The predicted molar refractivity (Wildman–Crippen MR) is 111 cm³/mol. The zero-order valence-electron chi connectivity index (χ0n) is 16.2. The molecular formula is C21H20N4O3S. The smallest absolute Gasteiger partial charge is 0.338 e. The topological polar surface area (TPSA) is 77.3 Å². The van der Waals surface area contributed by atoms with Crippen molar-refractivity contribution < 1.29 is 14.3 Å². The van der Waals surface area contributed by atoms with Crippen molar-refractivity contribution in [3.8, 4) is 5.69 Å². The third-order valence-corrected chi connectivity index (χ3v) is 5.48. The van der Waals surface area contributed by atoms with Gasteiger partial charge in [-0.15, -0.1) is 10.2 Å². The third kappa shape index (κ3) is 3.75. The Bertz CT molecular complexity index is 1060. The Balaban J connectivity index is 1.40. The van der Waals surface area contributed by atoms with Crippen molar-refractivity contribution in [2.45, 2.75) is 18.5 Å². The number of aryl methyl sites for hydroxylation is 1. The van der Waals surface area contributed by atoms with Gasteiger partial charge in [-0.05, 0) is 55.5 Å². The van der Waals surface area contributed by atoms with E-state index >= 15 is 0 Å². The standard InChI is InChI=1S/C21H20N4O3S/c1-14-22-23-21(29-2)25(14)17-9-7-16(8-10-17)20(27)28-13-19(26)24-12-11-15-5-3-4-6-18(15)24/h3-10H,11-13H2,1-2H3. The van der Waals surface area contributed by atoms with E-state index < -0.39 is 5.97 Å². The van der Waals surface area contributed by atoms with Crippen molar-refractivity contribution in [2.24, 2.45) is 0 Å². The van der Waals surface area contributed by atoms with Crippen LogP contribution in [0, 0.1) is 6.92 Å². The molecule has 4 rings (SSSR count). The van der Waals surface area contributed by atoms with Crippen LogP contribution in [-0.4, -0.2) is 46.0 Å². The Labute approximate surface area is 172 Å². The summed E-state index contributed by atoms with van der Waals surface area (Å²) in [6.45, 7) is 2.20. The van der Waals surface area contributed by atoms with Gasteiger partial charge < -0.3 is 9.64 Å². The van der Waals surface area contributed by atoms with Crippen molar-refractivity contribution in [2.75, 3.05) is 24.3 Å². The van der Waals surface area contributed by atoms with Crippen LogP contribution in [0.4, 0.5) is 5.69 Å². The first-order valence-electron chi connectivity index (χ1n) is 9.20. The fourth-order valence-corrected chi connectivity index (χ4v) is 3.95. The molecule has 0 N–H and O–H groups in total. The number of amides is 1. The summed E-state index contributed by atoms with van der Waals surface area (Å²) in [6, 6.07) is 14.8. The van der Waals surface area contributed by atoms with E-state index in [1.807, 2.05) is 54.1 Å². The van der Waals surface area contributed by atoms with Gasteiger partial charge in [0.15, 0.2) is 11.8 Å². The number of ether oxygens (including phenoxy) is 1. The summed E-state index contributed by atoms with van der Waals surface area (Å²) in [5.74, 6) is 0.0220. The van der Waals surface area contributed by atoms with E-state index in [0.717, 1.165) is 34.3 Å². The fourth-order valence-electron chi connectivity index (χ4n) is 3.40. The summed E-state index contributed by atoms with van der Waals surface area (Å²) in [6.07, 6.45) is 2.75. The van der Waals surface area contributed by atoms with Gasteiger partial charge in [0.05, 0.1) is 5.56 Å². The largest absolute Gasteiger partial charge is 0.452 e. The summed E-state index contributed by atoms with van der Waals surface area (Å²) < 4.78 is 7.16. The summed E-state index contributed by atoms with van der Waals surface area (Å²) in [5, 5.41) is 8.97. The lowest BCUT2D eigenvalue weighted by molar-refractivity contribution is -0.121. The van der Waals surface area contributed by atoms with Gasteiger partial charge in [0, 0.05) is 17.9 Å². The van der Waals surface area contributed by atoms with E-state index in [4.69, 9.17) is 4.74 Å². The summed E-state index contributed by atoms with van der Waals surface area (Å²) in [4.78, 5) is 26.5. The molecule has 148 valence electrons. The molecule has 0 spiro atoms. The number of aromatic nitrogens is 3. The number of rotatable bonds is 5. The molecule has 8 heteroatoms. The normalized spacial score (nSPS) is 12.7. The number of thioether (sulfide) groups is 1. The molecule has 7 nitrogen and oxygen atoms in total. The Morgan fingerprint density at radius 3 is 2.62 bits per heavy atom. The number of carbonyl (C=O) groups is 2. The molecule has 0 radical (unpaired) electrons. The van der Waals surface area contributed by atoms with Gasteiger partial charge >= 0.3 is 5.97 Å². The second kappa shape index (κ2) is 8.08. The van der Waals surface area contributed by atoms with Crippen LogP contribution < -0.4 is 4.90 Å². The van der Waals surface area contributed by atoms with Gasteiger partial charge in [-0.1, -0.05) is 30.0 Å². The maximum absolute atomic E-state index is 12.5. The van der Waals surface area contributed by atoms with Crippen LogP contribution in [-0.2, 0) is 16.0 Å². The minimum absolute atomic E-state index is 0.218. The molecule has 0 fully saturated rings. The van der Waals surface area contributed by atoms with E-state index in [2.05, 4.69) is 10.2 Å². The Kier molecular flexibility index (Phi) is 5.35. The molecule has 3 aromatic rings. The predicted octanol–water partition coefficient (Wildman–Crippen LogP) is 3.04. The molecule has 0 unspecified atom stereocenters. The van der Waals surface area contributed by atoms with Crippen LogP contribution in [0.2, 0.25) is 0 Å². The van der Waals surface area contributed by atoms with E-state index in [0.29, 0.717) is 12.1 Å². The van der Waals surface area contributed by atoms with Gasteiger partial charge in [0.25, 0.3) is 5.91 Å². The molecule has 1 aliphatic heterocycles. The van der Waals surface area contributed by atoms with Crippen LogP contribution in [0.5, 0.6) is 0 Å². The van der Waals surface area contributed by atoms with Crippen LogP contribution in [0.15, 0.2) is 53.7 Å². The lowest BCUT2D eigenvalue weighted by Crippen LogP contribution is -2.33. The van der Waals surface area contributed by atoms with Gasteiger partial charge in [-0.25, -0.2) is 4.79 Å². The molecule has 1 aliphatic rings. The average Bonchev–Trinajstić information content (AvgIpc) is 3.35. The first-order chi connectivity index (χ1) is 14.1. The van der Waals surface area contributed by atoms with Gasteiger partial charge in [-0.3, -0.25) is 9.36 Å². The van der Waals surface area contributed by atoms with E-state index in [1.54, 1.807) is 17.0 Å². The first-order valence-corrected chi connectivity index (χ1v) is 10.4. The quantitative estimate of drug-likeness (QED) is 0.477. The van der Waals surface area contributed by atoms with Crippen LogP contribution in [0.1, 0.15) is 21.7 Å². The third-order valence-electron chi connectivity index (χ3n) is 4.85. The summed E-state index contributed by atoms with van der Waals surface area (Å²) in [7, 11) is 0. The van der Waals surface area contributed by atoms with Crippen LogP contribution in [0.25, 0.3) is 5.69 Å². The number of carbonyl (C=O) groups excluding carboxylic acids is 2. The zero-order chi connectivity index (χ0) is 20.4. The second-order valence-corrected chi connectivity index (χ2v) is 7.39. The Morgan fingerprint density at radius 2 is 1.86 bits per heavy atom. The molecule has 29 heavy (non-hydrogen) atoms. The number of nitrogens with zero attached hydrogens (tertiary/aromatic N) is 4. The molecule has 0 saturated carbocycles. The number of benzene rings is 2. The maximum Gasteiger partial charge on any atom is 0.338 e. The molecule has 0 saturated heterocycles. The second-order valence-electron chi connectivity index (χ2n) is 6.62. The highest BCUT2D eigenvalue weighted by atomic mass is 32.2. The first kappa shape index (κ1) is 19.2. The van der Waals surface area contributed by atoms with Crippen molar-refractivity contribution in [1.82, 2.24) is 14.8 Å². The van der Waals surface area contributed by atoms with E-state index in [-0.39, 0.29) is 12.5 Å². The highest BCUT2D eigenvalue weighted by Crippen LogP contribution is 2.27. The SMILES string of the molecule is CSc1nnc(C)n1-c1ccc(C(=O)OCC(=O)N2CCc3ccccc32)cc1. The number of hydrogen-bond acceptors (Lipinski definition) is 6. The van der Waals surface area contributed by atoms with Crippen molar-refractivity contribution in [1.29, 1.82) is 0 Å². The van der Waals surface area contributed by atoms with Gasteiger partial charge in [0.2, 0.25) is 0 Å². The minimum atomic E-state index is -0.525. The lowest BCUT2D eigenvalue weighted by Gasteiger charge is -2.17. The average molecular weight is 408 g/mol. The maximum atomic E-state index is 12.5. The number of esters is 1. The van der Waals surface area contributed by atoms with Crippen molar-refractivity contribution in [3.05, 3.63) is 65.5 Å². The van der Waals surface area contributed by atoms with Gasteiger partial charge in [0.1, 0.15) is 5.82 Å². The minimum Gasteiger partial charge on any atom is -0.452 e. The highest BCUT2D eigenvalue weighted by molar-refractivity contribution is 7.98. The Hall–Kier alpha value is -3.13. The lowest BCUT2D eigenvalue weighted by atomic mass is 10.2. The van der Waals surface area contributed by atoms with Crippen LogP contribution >= 0.6 is 11.8 Å². The molecule has 1 aromatic heterocycles. The number of hydrogen-bond donors (Lipinski definition) is 0. The zero-order valence-corrected chi connectivity index (χ0v) is 17.0.